The van der Waals surface area contributed by atoms with Crippen molar-refractivity contribution in [3.05, 3.63) is 423 Å². The Balaban J connectivity index is 0.000000133. The number of rotatable bonds is 7. The molecule has 552 valence electrons. The topological polar surface area (TPSA) is 39.4 Å². The third-order valence-electron chi connectivity index (χ3n) is 21.6. The van der Waals surface area contributed by atoms with Gasteiger partial charge in [-0.2, -0.15) is 0 Å². The Morgan fingerprint density at radius 3 is 0.941 bits per heavy atom. The van der Waals surface area contributed by atoms with E-state index in [4.69, 9.17) is 55.7 Å². The van der Waals surface area contributed by atoms with Gasteiger partial charge in [-0.15, -0.1) is 0 Å². The molecule has 0 amide bonds. The summed E-state index contributed by atoms with van der Waals surface area (Å²) in [5, 5.41) is 0.253. The molecular weight excluding hydrogens is 1430 g/mol. The van der Waals surface area contributed by atoms with Crippen molar-refractivity contribution in [3.8, 4) is 89.0 Å². The normalized spacial score (nSPS) is 18.0. The SMILES string of the molecule is [2H]c1c([2H])c([2H])c(-c2c([2H])c([2H])c([2H])c(-c3c4c([2H])c([2H])c([2H])c([2H])c4c(-c4ccc5oc6ccccc6c5c4)c4c([2H])c([2H])c([2H])c([2H])c34)c2[2H])c([2H])c1[2H].[2H]c1c([2H])c([2H])c2c(-c3c4c([2H])c([2H])c([2H])c([2H])c4c(-c4ccc5oc6ccccc6c5c4)c4c([2H])c([2H])c([2H])c([2H])c34)c([2H])c([2H])c([2H])c2c1[2H].[2H]c1c([2H])c([2H])c2c(c1[2H])-c1c([2H])c(-c3c4c([2H])c([2H])c([2H])c([2H])c4c(-c4ccc5oc6ccccc6c5c4)c4c([2H])c([2H])c([2H])c([2H])c34)c([2H])c([2H])c1C2(C)C. The Morgan fingerprint density at radius 2 is 0.500 bits per heavy atom. The molecule has 24 aromatic rings. The van der Waals surface area contributed by atoms with Crippen LogP contribution in [0.25, 0.3) is 230 Å². The molecule has 0 unspecified atom stereocenters. The van der Waals surface area contributed by atoms with Crippen LogP contribution in [0.4, 0.5) is 0 Å². The van der Waals surface area contributed by atoms with Crippen molar-refractivity contribution < 1.29 is 77.7 Å². The average molecular weight is 1550 g/mol. The average Bonchev–Trinajstić information content (AvgIpc) is 1.64. The standard InChI is InChI=1S/C41H28O.C38H24O.C36H22O/c1-41(2)35-17-9-7-11-27(35)33-23-25(19-21-36(33)41)39-29-13-3-5-15-31(29)40(32-16-6-4-14-30(32)39)26-20-22-38-34(24-26)28-12-8-10-18-37(28)42-38;1-2-11-25(12-3-1)26-13-10-14-27(23-26)37-30-16-4-6-18-32(30)38(33-19-7-5-17-31(33)37)28-21-22-36-34(24-28)29-15-8-9-20-35(29)39-36;1-2-12-25-23(10-1)11-9-18-27(25)36-30-16-5-3-14-28(30)35(29-15-4-6-17-31(29)36)24-20-21-34-32(22-24)26-13-7-8-19-33(26)37-34/h3-24H,1-2H3;1-24H;1-22H/i3D,4D,5D,6D,7D,9D,11D,13D,14D,15D,16D,17D,19D,21D,23D;1D,2D,3D,4D,5D,6D,7D,10D,11D,12D,13D,14D,16D,17D,18D,19D,23D;1D,2D,3D,4D,5D,6D,9D,10D,11D,12D,14D,15D,16D,17D,18D. The smallest absolute Gasteiger partial charge is 0.135 e. The molecule has 3 aromatic heterocycles. The van der Waals surface area contributed by atoms with Crippen LogP contribution in [0.5, 0.6) is 0 Å². The molecule has 21 aromatic carbocycles. The van der Waals surface area contributed by atoms with E-state index < -0.39 is 322 Å². The first-order valence-corrected chi connectivity index (χ1v) is 36.9. The summed E-state index contributed by atoms with van der Waals surface area (Å²) in [7, 11) is 0. The van der Waals surface area contributed by atoms with Crippen LogP contribution in [0.2, 0.25) is 0 Å². The molecule has 3 heterocycles. The highest BCUT2D eigenvalue weighted by molar-refractivity contribution is 6.27. The third-order valence-corrected chi connectivity index (χ3v) is 21.6. The van der Waals surface area contributed by atoms with Gasteiger partial charge < -0.3 is 13.3 Å². The highest BCUT2D eigenvalue weighted by Gasteiger charge is 2.36. The zero-order valence-electron chi connectivity index (χ0n) is 108. The fourth-order valence-corrected chi connectivity index (χ4v) is 16.4. The Bertz CT molecular complexity index is 11000. The van der Waals surface area contributed by atoms with Gasteiger partial charge >= 0.3 is 0 Å². The summed E-state index contributed by atoms with van der Waals surface area (Å²) in [5.41, 5.74) is -0.792. The van der Waals surface area contributed by atoms with Gasteiger partial charge in [-0.05, 0) is 242 Å². The van der Waals surface area contributed by atoms with Gasteiger partial charge in [0.15, 0.2) is 0 Å². The summed E-state index contributed by atoms with van der Waals surface area (Å²) in [6.07, 6.45) is 0. The van der Waals surface area contributed by atoms with Crippen LogP contribution in [0, 0.1) is 0 Å². The summed E-state index contributed by atoms with van der Waals surface area (Å²) in [5.74, 6) is 0. The van der Waals surface area contributed by atoms with Crippen LogP contribution >= 0.6 is 0 Å². The summed E-state index contributed by atoms with van der Waals surface area (Å²) in [6, 6.07) is 5.21. The number of benzene rings is 21. The van der Waals surface area contributed by atoms with Crippen LogP contribution in [0.1, 0.15) is 89.4 Å². The Labute approximate surface area is 747 Å². The molecular formula is C115H74O3. The minimum Gasteiger partial charge on any atom is -0.456 e. The molecule has 0 bridgehead atoms. The first kappa shape index (κ1) is 36.1. The van der Waals surface area contributed by atoms with Crippen molar-refractivity contribution >= 4 is 141 Å². The number of furan rings is 3. The lowest BCUT2D eigenvalue weighted by atomic mass is 9.81. The van der Waals surface area contributed by atoms with E-state index in [-0.39, 0.29) is 132 Å². The quantitative estimate of drug-likeness (QED) is 0.149. The number of para-hydroxylation sites is 3. The van der Waals surface area contributed by atoms with Crippen LogP contribution in [-0.4, -0.2) is 0 Å². The summed E-state index contributed by atoms with van der Waals surface area (Å²) in [4.78, 5) is 0. The largest absolute Gasteiger partial charge is 0.456 e. The molecule has 1 aliphatic carbocycles. The van der Waals surface area contributed by atoms with Crippen LogP contribution in [-0.2, 0) is 5.41 Å². The van der Waals surface area contributed by atoms with E-state index in [0.717, 1.165) is 10.8 Å². The summed E-state index contributed by atoms with van der Waals surface area (Å²) in [6.45, 7) is 3.28. The van der Waals surface area contributed by atoms with E-state index in [0.29, 0.717) is 66.2 Å². The van der Waals surface area contributed by atoms with Crippen molar-refractivity contribution in [2.24, 2.45) is 0 Å². The molecule has 0 spiro atoms. The lowest BCUT2D eigenvalue weighted by Gasteiger charge is -2.22. The number of hydrogen-bond donors (Lipinski definition) is 0. The van der Waals surface area contributed by atoms with Crippen molar-refractivity contribution in [3.63, 3.8) is 0 Å². The molecule has 1 aliphatic rings. The highest BCUT2D eigenvalue weighted by atomic mass is 16.3. The van der Waals surface area contributed by atoms with E-state index in [2.05, 4.69) is 0 Å². The maximum atomic E-state index is 9.81. The molecule has 0 N–H and O–H groups in total. The zero-order chi connectivity index (χ0) is 119. The second-order valence-corrected chi connectivity index (χ2v) is 28.3. The fraction of sp³-hybridized carbons (Fsp3) is 0.0261. The lowest BCUT2D eigenvalue weighted by Crippen LogP contribution is -2.14. The molecule has 0 radical (unpaired) electrons. The van der Waals surface area contributed by atoms with Gasteiger partial charge in [0.25, 0.3) is 0 Å². The molecule has 0 saturated carbocycles. The lowest BCUT2D eigenvalue weighted by molar-refractivity contribution is 0.660. The minimum atomic E-state index is -1.28. The van der Waals surface area contributed by atoms with Crippen LogP contribution < -0.4 is 0 Å². The van der Waals surface area contributed by atoms with Gasteiger partial charge in [-0.1, -0.05) is 359 Å². The zero-order valence-corrected chi connectivity index (χ0v) is 61.3. The van der Waals surface area contributed by atoms with Gasteiger partial charge in [0.1, 0.15) is 33.5 Å². The predicted octanol–water partition coefficient (Wildman–Crippen LogP) is 32.8. The molecule has 0 saturated heterocycles. The molecule has 3 heteroatoms. The molecule has 118 heavy (non-hydrogen) atoms. The maximum Gasteiger partial charge on any atom is 0.135 e. The highest BCUT2D eigenvalue weighted by Crippen LogP contribution is 2.54. The minimum absolute atomic E-state index is 0.0166. The van der Waals surface area contributed by atoms with Crippen molar-refractivity contribution in [1.82, 2.24) is 0 Å². The number of fused-ring (bicyclic) bond motifs is 19. The second-order valence-electron chi connectivity index (χ2n) is 28.3. The van der Waals surface area contributed by atoms with E-state index >= 15 is 0 Å². The van der Waals surface area contributed by atoms with Crippen molar-refractivity contribution in [2.75, 3.05) is 0 Å². The first-order valence-electron chi connectivity index (χ1n) is 60.4. The van der Waals surface area contributed by atoms with Crippen LogP contribution in [0.3, 0.4) is 0 Å². The summed E-state index contributed by atoms with van der Waals surface area (Å²) < 4.78 is 436. The monoisotopic (exact) mass is 1550 g/mol. The Kier molecular flexibility index (Phi) is 8.44. The second kappa shape index (κ2) is 27.6. The summed E-state index contributed by atoms with van der Waals surface area (Å²) >= 11 is 0. The molecule has 3 nitrogen and oxygen atoms in total. The van der Waals surface area contributed by atoms with Gasteiger partial charge in [-0.25, -0.2) is 0 Å². The molecule has 0 aliphatic heterocycles. The first-order chi connectivity index (χ1) is 77.8. The molecule has 25 rings (SSSR count). The van der Waals surface area contributed by atoms with Gasteiger partial charge in [0.05, 0.1) is 64.4 Å². The van der Waals surface area contributed by atoms with E-state index in [1.54, 1.807) is 105 Å². The molecule has 0 fully saturated rings. The van der Waals surface area contributed by atoms with E-state index in [1.165, 1.54) is 0 Å². The number of hydrogen-bond acceptors (Lipinski definition) is 3. The maximum absolute atomic E-state index is 9.81. The van der Waals surface area contributed by atoms with Gasteiger partial charge in [-0.3, -0.25) is 0 Å². The van der Waals surface area contributed by atoms with Crippen molar-refractivity contribution in [2.45, 2.75) is 19.3 Å². The molecule has 0 atom stereocenters. The third kappa shape index (κ3) is 11.0. The van der Waals surface area contributed by atoms with E-state index in [9.17, 15) is 21.9 Å². The fourth-order valence-electron chi connectivity index (χ4n) is 16.4. The Hall–Kier alpha value is -15.2. The van der Waals surface area contributed by atoms with Crippen LogP contribution in [0.15, 0.2) is 425 Å². The van der Waals surface area contributed by atoms with Gasteiger partial charge in [0.2, 0.25) is 0 Å². The predicted molar refractivity (Wildman–Crippen MR) is 499 cm³/mol. The van der Waals surface area contributed by atoms with E-state index in [1.807, 2.05) is 36.4 Å². The Morgan fingerprint density at radius 1 is 0.195 bits per heavy atom. The van der Waals surface area contributed by atoms with Gasteiger partial charge in [0, 0.05) is 37.7 Å². The van der Waals surface area contributed by atoms with Crippen molar-refractivity contribution in [1.29, 1.82) is 0 Å².